The number of halogens is 3. The molecule has 0 saturated carbocycles. The van der Waals surface area contributed by atoms with E-state index in [4.69, 9.17) is 21.1 Å². The maximum Gasteiger partial charge on any atom is 0.254 e. The van der Waals surface area contributed by atoms with Crippen LogP contribution in [0.15, 0.2) is 36.4 Å². The zero-order valence-corrected chi connectivity index (χ0v) is 15.3. The molecular weight excluding hydrogens is 382 g/mol. The van der Waals surface area contributed by atoms with Gasteiger partial charge in [0.2, 0.25) is 6.79 Å². The van der Waals surface area contributed by atoms with Gasteiger partial charge in [0.15, 0.2) is 11.5 Å². The van der Waals surface area contributed by atoms with Gasteiger partial charge in [-0.05, 0) is 29.8 Å². The first-order chi connectivity index (χ1) is 12.1. The number of benzene rings is 2. The second kappa shape index (κ2) is 7.70. The number of carbonyl (C=O) groups is 1. The summed E-state index contributed by atoms with van der Waals surface area (Å²) in [6, 6.07) is 9.31. The molecule has 0 aliphatic carbocycles. The van der Waals surface area contributed by atoms with Gasteiger partial charge in [0.05, 0.1) is 11.1 Å². The van der Waals surface area contributed by atoms with Gasteiger partial charge >= 0.3 is 0 Å². The number of rotatable bonds is 2. The predicted octanol–water partition coefficient (Wildman–Crippen LogP) is 3.42. The average molecular weight is 399 g/mol. The molecule has 0 aromatic heterocycles. The van der Waals surface area contributed by atoms with Gasteiger partial charge in [0.25, 0.3) is 5.91 Å². The molecule has 2 heterocycles. The third kappa shape index (κ3) is 3.45. The molecule has 0 bridgehead atoms. The number of nitrogens with one attached hydrogen (secondary N) is 1. The first kappa shape index (κ1) is 18.8. The third-order valence-corrected chi connectivity index (χ3v) is 4.69. The molecule has 5 nitrogen and oxygen atoms in total. The predicted molar refractivity (Wildman–Crippen MR) is 97.9 cm³/mol. The highest BCUT2D eigenvalue weighted by Crippen LogP contribution is 2.40. The molecule has 1 unspecified atom stereocenters. The number of hydrogen-bond donors (Lipinski definition) is 1. The highest BCUT2D eigenvalue weighted by atomic mass is 35.5. The molecule has 1 fully saturated rings. The third-order valence-electron chi connectivity index (χ3n) is 4.41. The van der Waals surface area contributed by atoms with E-state index in [1.807, 2.05) is 6.07 Å². The topological polar surface area (TPSA) is 50.8 Å². The van der Waals surface area contributed by atoms with Crippen LogP contribution in [0.4, 0.5) is 4.39 Å². The number of carbonyl (C=O) groups excluding carboxylic acids is 1. The summed E-state index contributed by atoms with van der Waals surface area (Å²) >= 11 is 6.19. The number of amides is 1. The van der Waals surface area contributed by atoms with Gasteiger partial charge in [-0.1, -0.05) is 23.7 Å². The Morgan fingerprint density at radius 2 is 2.12 bits per heavy atom. The standard InChI is InChI=1S/C18H16ClFN2O3.ClH/c19-14-7-12(8-16-17(14)25-10-24-16)18(23)22-5-4-21-9-15(22)11-2-1-3-13(20)6-11;/h1-3,6-8,15,21H,4-5,9-10H2;1H. The van der Waals surface area contributed by atoms with Crippen molar-refractivity contribution in [1.82, 2.24) is 10.2 Å². The molecule has 1 amide bonds. The molecule has 0 spiro atoms. The second-order valence-electron chi connectivity index (χ2n) is 5.97. The number of nitrogens with zero attached hydrogens (tertiary/aromatic N) is 1. The van der Waals surface area contributed by atoms with E-state index < -0.39 is 0 Å². The van der Waals surface area contributed by atoms with Crippen molar-refractivity contribution in [3.8, 4) is 11.5 Å². The van der Waals surface area contributed by atoms with Gasteiger partial charge in [0.1, 0.15) is 5.82 Å². The molecule has 2 aliphatic heterocycles. The summed E-state index contributed by atoms with van der Waals surface area (Å²) in [7, 11) is 0. The van der Waals surface area contributed by atoms with Gasteiger partial charge < -0.3 is 19.7 Å². The van der Waals surface area contributed by atoms with E-state index >= 15 is 0 Å². The minimum Gasteiger partial charge on any atom is -0.454 e. The van der Waals surface area contributed by atoms with Gasteiger partial charge in [-0.3, -0.25) is 4.79 Å². The highest BCUT2D eigenvalue weighted by Gasteiger charge is 2.30. The van der Waals surface area contributed by atoms with Gasteiger partial charge in [-0.15, -0.1) is 12.4 Å². The normalized spacial score (nSPS) is 18.4. The summed E-state index contributed by atoms with van der Waals surface area (Å²) in [6.07, 6.45) is 0. The molecule has 8 heteroatoms. The summed E-state index contributed by atoms with van der Waals surface area (Å²) in [5.74, 6) is 0.436. The number of piperazine rings is 1. The highest BCUT2D eigenvalue weighted by molar-refractivity contribution is 6.32. The molecule has 2 aromatic carbocycles. The lowest BCUT2D eigenvalue weighted by molar-refractivity contribution is 0.0633. The van der Waals surface area contributed by atoms with E-state index in [0.29, 0.717) is 41.7 Å². The van der Waals surface area contributed by atoms with Crippen molar-refractivity contribution >= 4 is 29.9 Å². The van der Waals surface area contributed by atoms with E-state index in [1.165, 1.54) is 12.1 Å². The summed E-state index contributed by atoms with van der Waals surface area (Å²) < 4.78 is 24.2. The molecule has 2 aliphatic rings. The zero-order valence-electron chi connectivity index (χ0n) is 13.7. The van der Waals surface area contributed by atoms with Crippen molar-refractivity contribution in [1.29, 1.82) is 0 Å². The Morgan fingerprint density at radius 3 is 2.92 bits per heavy atom. The molecule has 138 valence electrons. The van der Waals surface area contributed by atoms with Crippen LogP contribution < -0.4 is 14.8 Å². The monoisotopic (exact) mass is 398 g/mol. The zero-order chi connectivity index (χ0) is 17.4. The Kier molecular flexibility index (Phi) is 5.55. The average Bonchev–Trinajstić information content (AvgIpc) is 3.10. The molecule has 2 aromatic rings. The number of hydrogen-bond acceptors (Lipinski definition) is 4. The summed E-state index contributed by atoms with van der Waals surface area (Å²) in [5.41, 5.74) is 1.19. The van der Waals surface area contributed by atoms with Gasteiger partial charge in [0, 0.05) is 25.2 Å². The quantitative estimate of drug-likeness (QED) is 0.841. The van der Waals surface area contributed by atoms with Crippen LogP contribution in [0.3, 0.4) is 0 Å². The molecule has 1 N–H and O–H groups in total. The van der Waals surface area contributed by atoms with Crippen LogP contribution in [0.1, 0.15) is 22.0 Å². The lowest BCUT2D eigenvalue weighted by Gasteiger charge is -2.36. The molecule has 1 saturated heterocycles. The number of ether oxygens (including phenoxy) is 2. The van der Waals surface area contributed by atoms with Gasteiger partial charge in [-0.25, -0.2) is 4.39 Å². The second-order valence-corrected chi connectivity index (χ2v) is 6.37. The fourth-order valence-corrected chi connectivity index (χ4v) is 3.48. The van der Waals surface area contributed by atoms with Gasteiger partial charge in [-0.2, -0.15) is 0 Å². The summed E-state index contributed by atoms with van der Waals surface area (Å²) in [5, 5.41) is 3.60. The van der Waals surface area contributed by atoms with Crippen LogP contribution >= 0.6 is 24.0 Å². The van der Waals surface area contributed by atoms with Crippen molar-refractivity contribution in [2.75, 3.05) is 26.4 Å². The Bertz CT molecular complexity index is 834. The summed E-state index contributed by atoms with van der Waals surface area (Å²) in [4.78, 5) is 14.8. The maximum atomic E-state index is 13.6. The molecule has 1 atom stereocenters. The van der Waals surface area contributed by atoms with E-state index in [0.717, 1.165) is 5.56 Å². The fourth-order valence-electron chi connectivity index (χ4n) is 3.22. The van der Waals surface area contributed by atoms with Crippen molar-refractivity contribution in [3.05, 3.63) is 58.4 Å². The van der Waals surface area contributed by atoms with Crippen LogP contribution in [0.25, 0.3) is 0 Å². The van der Waals surface area contributed by atoms with Crippen LogP contribution in [0.5, 0.6) is 11.5 Å². The van der Waals surface area contributed by atoms with Crippen molar-refractivity contribution in [2.45, 2.75) is 6.04 Å². The SMILES string of the molecule is Cl.O=C(c1cc(Cl)c2c(c1)OCO2)N1CCNCC1c1cccc(F)c1. The van der Waals surface area contributed by atoms with Crippen molar-refractivity contribution < 1.29 is 18.7 Å². The largest absolute Gasteiger partial charge is 0.454 e. The Hall–Kier alpha value is -2.02. The van der Waals surface area contributed by atoms with E-state index in [-0.39, 0.29) is 37.0 Å². The van der Waals surface area contributed by atoms with E-state index in [2.05, 4.69) is 5.32 Å². The van der Waals surface area contributed by atoms with Crippen LogP contribution in [0.2, 0.25) is 5.02 Å². The molecule has 26 heavy (non-hydrogen) atoms. The Morgan fingerprint density at radius 1 is 1.27 bits per heavy atom. The van der Waals surface area contributed by atoms with Crippen LogP contribution in [0, 0.1) is 5.82 Å². The maximum absolute atomic E-state index is 13.6. The van der Waals surface area contributed by atoms with Crippen LogP contribution in [-0.4, -0.2) is 37.2 Å². The fraction of sp³-hybridized carbons (Fsp3) is 0.278. The first-order valence-corrected chi connectivity index (χ1v) is 8.37. The van der Waals surface area contributed by atoms with E-state index in [1.54, 1.807) is 23.1 Å². The lowest BCUT2D eigenvalue weighted by Crippen LogP contribution is -2.48. The van der Waals surface area contributed by atoms with Crippen molar-refractivity contribution in [2.24, 2.45) is 0 Å². The Balaban J connectivity index is 0.00000196. The summed E-state index contributed by atoms with van der Waals surface area (Å²) in [6.45, 7) is 1.85. The Labute approximate surface area is 161 Å². The molecule has 0 radical (unpaired) electrons. The minimum absolute atomic E-state index is 0. The minimum atomic E-state index is -0.318. The smallest absolute Gasteiger partial charge is 0.254 e. The molecular formula is C18H17Cl2FN2O3. The number of fused-ring (bicyclic) bond motifs is 1. The first-order valence-electron chi connectivity index (χ1n) is 8.00. The lowest BCUT2D eigenvalue weighted by atomic mass is 10.0. The van der Waals surface area contributed by atoms with Crippen molar-refractivity contribution in [3.63, 3.8) is 0 Å². The molecule has 4 rings (SSSR count). The van der Waals surface area contributed by atoms with Crippen LogP contribution in [-0.2, 0) is 0 Å². The van der Waals surface area contributed by atoms with E-state index in [9.17, 15) is 9.18 Å².